The Bertz CT molecular complexity index is 273. The van der Waals surface area contributed by atoms with Gasteiger partial charge in [0.15, 0.2) is 0 Å². The molecule has 0 N–H and O–H groups in total. The molecule has 0 aliphatic rings. The quantitative estimate of drug-likeness (QED) is 0.739. The fourth-order valence-corrected chi connectivity index (χ4v) is 2.17. The van der Waals surface area contributed by atoms with Crippen molar-refractivity contribution >= 4 is 27.7 Å². The molecule has 1 aromatic heterocycles. The second-order valence-electron chi connectivity index (χ2n) is 2.91. The van der Waals surface area contributed by atoms with Crippen LogP contribution in [0.2, 0.25) is 0 Å². The van der Waals surface area contributed by atoms with E-state index in [2.05, 4.69) is 41.7 Å². The molecule has 0 amide bonds. The first-order valence-electron chi connectivity index (χ1n) is 3.89. The van der Waals surface area contributed by atoms with E-state index in [4.69, 9.17) is 0 Å². The third-order valence-electron chi connectivity index (χ3n) is 1.40. The summed E-state index contributed by atoms with van der Waals surface area (Å²) in [5, 5.41) is 1.67. The summed E-state index contributed by atoms with van der Waals surface area (Å²) in [5.74, 6) is 0. The van der Waals surface area contributed by atoms with Gasteiger partial charge in [-0.1, -0.05) is 13.8 Å². The van der Waals surface area contributed by atoms with Gasteiger partial charge in [0.2, 0.25) is 0 Å². The van der Waals surface area contributed by atoms with Gasteiger partial charge in [0, 0.05) is 11.4 Å². The molecule has 0 atom stereocenters. The van der Waals surface area contributed by atoms with Crippen LogP contribution in [0.25, 0.3) is 0 Å². The highest BCUT2D eigenvalue weighted by molar-refractivity contribution is 9.10. The number of rotatable bonds is 2. The lowest BCUT2D eigenvalue weighted by Crippen LogP contribution is -1.91. The van der Waals surface area contributed by atoms with Crippen LogP contribution in [0.5, 0.6) is 0 Å². The summed E-state index contributed by atoms with van der Waals surface area (Å²) in [5.41, 5.74) is 1.24. The van der Waals surface area contributed by atoms with Crippen molar-refractivity contribution in [3.63, 3.8) is 0 Å². The minimum absolute atomic E-state index is 0.579. The van der Waals surface area contributed by atoms with Gasteiger partial charge in [0.05, 0.1) is 4.47 Å². The molecule has 0 fully saturated rings. The molecule has 1 aromatic rings. The molecule has 0 spiro atoms. The average Bonchev–Trinajstić information content (AvgIpc) is 1.98. The van der Waals surface area contributed by atoms with Gasteiger partial charge in [-0.05, 0) is 34.5 Å². The van der Waals surface area contributed by atoms with E-state index < -0.39 is 0 Å². The predicted molar refractivity (Wildman–Crippen MR) is 57.7 cm³/mol. The normalized spacial score (nSPS) is 10.8. The van der Waals surface area contributed by atoms with Crippen LogP contribution in [0.15, 0.2) is 21.8 Å². The molecule has 0 unspecified atom stereocenters. The van der Waals surface area contributed by atoms with Crippen LogP contribution < -0.4 is 0 Å². The molecular weight excluding hydrogens is 234 g/mol. The lowest BCUT2D eigenvalue weighted by atomic mass is 10.3. The van der Waals surface area contributed by atoms with E-state index in [-0.39, 0.29) is 0 Å². The first kappa shape index (κ1) is 10.1. The van der Waals surface area contributed by atoms with E-state index >= 15 is 0 Å². The van der Waals surface area contributed by atoms with E-state index in [9.17, 15) is 0 Å². The van der Waals surface area contributed by atoms with E-state index in [0.29, 0.717) is 5.25 Å². The maximum absolute atomic E-state index is 4.30. The van der Waals surface area contributed by atoms with Crippen LogP contribution in [-0.2, 0) is 0 Å². The SMILES string of the molecule is Cc1ccnc(SC(C)C)c1Br. The van der Waals surface area contributed by atoms with Gasteiger partial charge >= 0.3 is 0 Å². The summed E-state index contributed by atoms with van der Waals surface area (Å²) in [7, 11) is 0. The number of hydrogen-bond acceptors (Lipinski definition) is 2. The Kier molecular flexibility index (Phi) is 3.59. The van der Waals surface area contributed by atoms with Gasteiger partial charge in [-0.25, -0.2) is 4.98 Å². The Balaban J connectivity index is 2.92. The Morgan fingerprint density at radius 1 is 1.50 bits per heavy atom. The Morgan fingerprint density at radius 2 is 2.17 bits per heavy atom. The molecule has 0 radical (unpaired) electrons. The minimum Gasteiger partial charge on any atom is -0.249 e. The highest BCUT2D eigenvalue weighted by Gasteiger charge is 2.05. The number of thioether (sulfide) groups is 1. The molecule has 1 nitrogen and oxygen atoms in total. The first-order valence-corrected chi connectivity index (χ1v) is 5.56. The zero-order valence-electron chi connectivity index (χ0n) is 7.47. The molecule has 1 rings (SSSR count). The predicted octanol–water partition coefficient (Wildman–Crippen LogP) is 3.65. The summed E-state index contributed by atoms with van der Waals surface area (Å²) >= 11 is 5.31. The highest BCUT2D eigenvalue weighted by atomic mass is 79.9. The molecule has 0 aliphatic heterocycles. The van der Waals surface area contributed by atoms with E-state index in [1.807, 2.05) is 12.3 Å². The van der Waals surface area contributed by atoms with Crippen LogP contribution in [0, 0.1) is 6.92 Å². The van der Waals surface area contributed by atoms with Crippen molar-refractivity contribution in [2.45, 2.75) is 31.0 Å². The molecule has 0 saturated heterocycles. The Labute approximate surface area is 86.1 Å². The summed E-state index contributed by atoms with van der Waals surface area (Å²) in [6.45, 7) is 6.42. The molecule has 12 heavy (non-hydrogen) atoms. The second kappa shape index (κ2) is 4.28. The first-order chi connectivity index (χ1) is 5.61. The molecule has 0 bridgehead atoms. The van der Waals surface area contributed by atoms with Crippen molar-refractivity contribution in [1.82, 2.24) is 4.98 Å². The molecule has 0 aliphatic carbocycles. The van der Waals surface area contributed by atoms with E-state index in [0.717, 1.165) is 9.50 Å². The maximum atomic E-state index is 4.30. The van der Waals surface area contributed by atoms with Crippen molar-refractivity contribution in [3.05, 3.63) is 22.3 Å². The smallest absolute Gasteiger partial charge is 0.111 e. The van der Waals surface area contributed by atoms with Crippen molar-refractivity contribution in [2.75, 3.05) is 0 Å². The number of aryl methyl sites for hydroxylation is 1. The lowest BCUT2D eigenvalue weighted by Gasteiger charge is -2.07. The van der Waals surface area contributed by atoms with E-state index in [1.54, 1.807) is 11.8 Å². The number of halogens is 1. The molecule has 1 heterocycles. The van der Waals surface area contributed by atoms with Gasteiger partial charge < -0.3 is 0 Å². The molecular formula is C9H12BrNS. The standard InChI is InChI=1S/C9H12BrNS/c1-6(2)12-9-8(10)7(3)4-5-11-9/h4-6H,1-3H3. The third kappa shape index (κ3) is 2.49. The van der Waals surface area contributed by atoms with Crippen LogP contribution in [0.4, 0.5) is 0 Å². The number of hydrogen-bond donors (Lipinski definition) is 0. The topological polar surface area (TPSA) is 12.9 Å². The fourth-order valence-electron chi connectivity index (χ4n) is 0.821. The molecule has 3 heteroatoms. The molecule has 0 aromatic carbocycles. The second-order valence-corrected chi connectivity index (χ2v) is 5.27. The van der Waals surface area contributed by atoms with Crippen molar-refractivity contribution in [1.29, 1.82) is 0 Å². The third-order valence-corrected chi connectivity index (χ3v) is 3.67. The van der Waals surface area contributed by atoms with Gasteiger partial charge in [-0.3, -0.25) is 0 Å². The lowest BCUT2D eigenvalue weighted by molar-refractivity contribution is 1.05. The van der Waals surface area contributed by atoms with Crippen LogP contribution in [-0.4, -0.2) is 10.2 Å². The zero-order valence-corrected chi connectivity index (χ0v) is 9.87. The van der Waals surface area contributed by atoms with Gasteiger partial charge in [0.25, 0.3) is 0 Å². The molecule has 0 saturated carbocycles. The number of nitrogens with zero attached hydrogens (tertiary/aromatic N) is 1. The highest BCUT2D eigenvalue weighted by Crippen LogP contribution is 2.30. The maximum Gasteiger partial charge on any atom is 0.111 e. The van der Waals surface area contributed by atoms with E-state index in [1.165, 1.54) is 5.56 Å². The number of pyridine rings is 1. The van der Waals surface area contributed by atoms with Crippen LogP contribution in [0.3, 0.4) is 0 Å². The van der Waals surface area contributed by atoms with Crippen LogP contribution >= 0.6 is 27.7 Å². The summed E-state index contributed by atoms with van der Waals surface area (Å²) in [6.07, 6.45) is 1.85. The van der Waals surface area contributed by atoms with Crippen molar-refractivity contribution in [2.24, 2.45) is 0 Å². The number of aromatic nitrogens is 1. The fraction of sp³-hybridized carbons (Fsp3) is 0.444. The molecule has 66 valence electrons. The van der Waals surface area contributed by atoms with Crippen LogP contribution in [0.1, 0.15) is 19.4 Å². The monoisotopic (exact) mass is 245 g/mol. The minimum atomic E-state index is 0.579. The Hall–Kier alpha value is -0.0200. The summed E-state index contributed by atoms with van der Waals surface area (Å²) in [6, 6.07) is 2.01. The largest absolute Gasteiger partial charge is 0.249 e. The van der Waals surface area contributed by atoms with Gasteiger partial charge in [-0.15, -0.1) is 11.8 Å². The summed E-state index contributed by atoms with van der Waals surface area (Å²) in [4.78, 5) is 4.30. The zero-order chi connectivity index (χ0) is 9.14. The average molecular weight is 246 g/mol. The summed E-state index contributed by atoms with van der Waals surface area (Å²) < 4.78 is 1.13. The Morgan fingerprint density at radius 3 is 2.75 bits per heavy atom. The van der Waals surface area contributed by atoms with Gasteiger partial charge in [-0.2, -0.15) is 0 Å². The van der Waals surface area contributed by atoms with Gasteiger partial charge in [0.1, 0.15) is 5.03 Å². The van der Waals surface area contributed by atoms with Crippen molar-refractivity contribution in [3.8, 4) is 0 Å². The van der Waals surface area contributed by atoms with Crippen molar-refractivity contribution < 1.29 is 0 Å².